The van der Waals surface area contributed by atoms with Gasteiger partial charge in [-0.1, -0.05) is 18.5 Å². The van der Waals surface area contributed by atoms with Crippen LogP contribution in [0.25, 0.3) is 0 Å². The van der Waals surface area contributed by atoms with Gasteiger partial charge in [-0.05, 0) is 39.0 Å². The van der Waals surface area contributed by atoms with Gasteiger partial charge in [0, 0.05) is 6.42 Å². The highest BCUT2D eigenvalue weighted by atomic mass is 16.6. The summed E-state index contributed by atoms with van der Waals surface area (Å²) in [6, 6.07) is 0. The third-order valence-corrected chi connectivity index (χ3v) is 3.98. The molecule has 20 heavy (non-hydrogen) atoms. The van der Waals surface area contributed by atoms with Gasteiger partial charge in [0.2, 0.25) is 0 Å². The second kappa shape index (κ2) is 6.29. The van der Waals surface area contributed by atoms with E-state index in [4.69, 9.17) is 9.57 Å². The average Bonchev–Trinajstić information content (AvgIpc) is 2.42. The van der Waals surface area contributed by atoms with Crippen LogP contribution < -0.4 is 0 Å². The van der Waals surface area contributed by atoms with Crippen LogP contribution in [0.15, 0.2) is 16.5 Å². The number of oxime groups is 1. The molecule has 1 heterocycles. The number of hydrogen-bond acceptors (Lipinski definition) is 5. The fourth-order valence-electron chi connectivity index (χ4n) is 2.98. The molecule has 0 unspecified atom stereocenters. The van der Waals surface area contributed by atoms with Crippen LogP contribution in [-0.4, -0.2) is 29.0 Å². The van der Waals surface area contributed by atoms with Crippen molar-refractivity contribution in [3.8, 4) is 0 Å². The Hall–Kier alpha value is -1.52. The van der Waals surface area contributed by atoms with E-state index in [1.807, 2.05) is 13.8 Å². The Morgan fingerprint density at radius 3 is 2.60 bits per heavy atom. The predicted octanol–water partition coefficient (Wildman–Crippen LogP) is 3.25. The second-order valence-electron chi connectivity index (χ2n) is 5.44. The molecule has 2 aliphatic rings. The first-order chi connectivity index (χ1) is 9.62. The zero-order chi connectivity index (χ0) is 14.6. The Labute approximate surface area is 119 Å². The van der Waals surface area contributed by atoms with Gasteiger partial charge >= 0.3 is 5.97 Å². The molecule has 5 nitrogen and oxygen atoms in total. The van der Waals surface area contributed by atoms with Crippen LogP contribution in [0.3, 0.4) is 0 Å². The fourth-order valence-corrected chi connectivity index (χ4v) is 2.98. The highest BCUT2D eigenvalue weighted by molar-refractivity contribution is 6.20. The van der Waals surface area contributed by atoms with E-state index in [-0.39, 0.29) is 11.3 Å². The highest BCUT2D eigenvalue weighted by Gasteiger charge is 2.43. The number of aliphatic hydroxyl groups excluding tert-OH is 1. The Morgan fingerprint density at radius 1 is 1.35 bits per heavy atom. The molecule has 0 aromatic rings. The van der Waals surface area contributed by atoms with Crippen LogP contribution in [0.2, 0.25) is 0 Å². The standard InChI is InChI=1S/C15H23NO4/c1-3-11(16-19-4-2)13-12(17)10-15(20-14(13)18)8-6-5-7-9-15/h17H,3-10H2,1-2H3/b16-11-. The Bertz CT molecular complexity index is 433. The van der Waals surface area contributed by atoms with Crippen molar-refractivity contribution >= 4 is 11.7 Å². The van der Waals surface area contributed by atoms with E-state index < -0.39 is 11.6 Å². The lowest BCUT2D eigenvalue weighted by atomic mass is 9.79. The summed E-state index contributed by atoms with van der Waals surface area (Å²) in [4.78, 5) is 17.3. The van der Waals surface area contributed by atoms with Crippen molar-refractivity contribution in [2.45, 2.75) is 64.4 Å². The molecule has 1 spiro atoms. The lowest BCUT2D eigenvalue weighted by molar-refractivity contribution is -0.161. The van der Waals surface area contributed by atoms with Crippen LogP contribution in [0, 0.1) is 0 Å². The maximum absolute atomic E-state index is 12.3. The largest absolute Gasteiger partial charge is 0.511 e. The summed E-state index contributed by atoms with van der Waals surface area (Å²) in [6.45, 7) is 4.12. The van der Waals surface area contributed by atoms with Gasteiger partial charge < -0.3 is 14.7 Å². The van der Waals surface area contributed by atoms with Gasteiger partial charge in [0.25, 0.3) is 0 Å². The highest BCUT2D eigenvalue weighted by Crippen LogP contribution is 2.40. The molecule has 0 aromatic carbocycles. The first kappa shape index (κ1) is 14.9. The molecule has 112 valence electrons. The minimum Gasteiger partial charge on any atom is -0.511 e. The summed E-state index contributed by atoms with van der Waals surface area (Å²) in [5.41, 5.74) is 0.157. The quantitative estimate of drug-likeness (QED) is 0.488. The molecule has 2 rings (SSSR count). The summed E-state index contributed by atoms with van der Waals surface area (Å²) in [6.07, 6.45) is 5.84. The Morgan fingerprint density at radius 2 is 2.05 bits per heavy atom. The first-order valence-corrected chi connectivity index (χ1v) is 7.46. The molecular formula is C15H23NO4. The minimum atomic E-state index is -0.493. The van der Waals surface area contributed by atoms with Crippen molar-refractivity contribution in [2.24, 2.45) is 5.16 Å². The van der Waals surface area contributed by atoms with E-state index in [9.17, 15) is 9.90 Å². The van der Waals surface area contributed by atoms with E-state index in [1.165, 1.54) is 6.42 Å². The first-order valence-electron chi connectivity index (χ1n) is 7.46. The van der Waals surface area contributed by atoms with Crippen molar-refractivity contribution in [1.29, 1.82) is 0 Å². The van der Waals surface area contributed by atoms with Gasteiger partial charge in [0.15, 0.2) is 0 Å². The van der Waals surface area contributed by atoms with Crippen molar-refractivity contribution in [1.82, 2.24) is 0 Å². The summed E-state index contributed by atoms with van der Waals surface area (Å²) in [5.74, 6) is -0.362. The topological polar surface area (TPSA) is 68.1 Å². The summed E-state index contributed by atoms with van der Waals surface area (Å²) in [7, 11) is 0. The molecule has 1 aliphatic heterocycles. The molecule has 1 aliphatic carbocycles. The number of esters is 1. The molecule has 0 bridgehead atoms. The van der Waals surface area contributed by atoms with Crippen LogP contribution in [0.4, 0.5) is 0 Å². The molecular weight excluding hydrogens is 258 g/mol. The molecule has 0 radical (unpaired) electrons. The van der Waals surface area contributed by atoms with Gasteiger partial charge in [0.05, 0.1) is 5.71 Å². The van der Waals surface area contributed by atoms with Crippen LogP contribution in [0.1, 0.15) is 58.8 Å². The number of rotatable bonds is 4. The van der Waals surface area contributed by atoms with E-state index in [1.54, 1.807) is 0 Å². The second-order valence-corrected chi connectivity index (χ2v) is 5.44. The van der Waals surface area contributed by atoms with Gasteiger partial charge in [0.1, 0.15) is 23.5 Å². The third-order valence-electron chi connectivity index (χ3n) is 3.98. The third kappa shape index (κ3) is 2.97. The van der Waals surface area contributed by atoms with Crippen LogP contribution in [-0.2, 0) is 14.4 Å². The maximum atomic E-state index is 12.3. The number of nitrogens with zero attached hydrogens (tertiary/aromatic N) is 1. The maximum Gasteiger partial charge on any atom is 0.344 e. The van der Waals surface area contributed by atoms with Gasteiger partial charge in [-0.15, -0.1) is 0 Å². The Balaban J connectivity index is 2.25. The minimum absolute atomic E-state index is 0.100. The smallest absolute Gasteiger partial charge is 0.344 e. The number of aliphatic hydroxyl groups is 1. The number of carbonyl (C=O) groups excluding carboxylic acids is 1. The van der Waals surface area contributed by atoms with Gasteiger partial charge in [-0.25, -0.2) is 4.79 Å². The lowest BCUT2D eigenvalue weighted by Gasteiger charge is -2.39. The molecule has 5 heteroatoms. The summed E-state index contributed by atoms with van der Waals surface area (Å²) >= 11 is 0. The van der Waals surface area contributed by atoms with Crippen molar-refractivity contribution in [3.63, 3.8) is 0 Å². The molecule has 0 amide bonds. The van der Waals surface area contributed by atoms with Crippen LogP contribution >= 0.6 is 0 Å². The van der Waals surface area contributed by atoms with E-state index >= 15 is 0 Å². The lowest BCUT2D eigenvalue weighted by Crippen LogP contribution is -2.43. The normalized spacial score (nSPS) is 22.9. The summed E-state index contributed by atoms with van der Waals surface area (Å²) in [5, 5.41) is 14.2. The molecule has 1 N–H and O–H groups in total. The zero-order valence-corrected chi connectivity index (χ0v) is 12.3. The molecule has 1 saturated carbocycles. The van der Waals surface area contributed by atoms with Gasteiger partial charge in [-0.2, -0.15) is 0 Å². The molecule has 0 atom stereocenters. The van der Waals surface area contributed by atoms with E-state index in [0.29, 0.717) is 25.2 Å². The molecule has 0 aromatic heterocycles. The SMILES string of the molecule is CCO/N=C(/CC)C1=C(O)CC2(CCCCC2)OC1=O. The zero-order valence-electron chi connectivity index (χ0n) is 12.3. The van der Waals surface area contributed by atoms with Crippen molar-refractivity contribution in [3.05, 3.63) is 11.3 Å². The number of hydrogen-bond donors (Lipinski definition) is 1. The predicted molar refractivity (Wildman–Crippen MR) is 75.5 cm³/mol. The van der Waals surface area contributed by atoms with E-state index in [2.05, 4.69) is 5.16 Å². The molecule has 1 fully saturated rings. The molecule has 0 saturated heterocycles. The van der Waals surface area contributed by atoms with Crippen LogP contribution in [0.5, 0.6) is 0 Å². The van der Waals surface area contributed by atoms with Crippen molar-refractivity contribution < 1.29 is 19.5 Å². The van der Waals surface area contributed by atoms with Gasteiger partial charge in [-0.3, -0.25) is 0 Å². The Kier molecular flexibility index (Phi) is 4.68. The fraction of sp³-hybridized carbons (Fsp3) is 0.733. The monoisotopic (exact) mass is 281 g/mol. The number of carbonyl (C=O) groups is 1. The average molecular weight is 281 g/mol. The van der Waals surface area contributed by atoms with E-state index in [0.717, 1.165) is 25.7 Å². The number of ether oxygens (including phenoxy) is 1. The summed E-state index contributed by atoms with van der Waals surface area (Å²) < 4.78 is 5.67. The van der Waals surface area contributed by atoms with Crippen molar-refractivity contribution in [2.75, 3.05) is 6.61 Å².